The molecule has 1 saturated heterocycles. The molecule has 0 aromatic heterocycles. The first-order valence-corrected chi connectivity index (χ1v) is 15.4. The zero-order chi connectivity index (χ0) is 26.7. The number of carbonyl (C=O) groups excluding carboxylic acids is 3. The van der Waals surface area contributed by atoms with Crippen molar-refractivity contribution in [2.45, 2.75) is 127 Å². The number of hydrogen-bond donors (Lipinski definition) is 2. The van der Waals surface area contributed by atoms with Crippen molar-refractivity contribution in [2.24, 2.45) is 16.6 Å². The van der Waals surface area contributed by atoms with Crippen LogP contribution in [0.15, 0.2) is 0 Å². The van der Waals surface area contributed by atoms with E-state index in [4.69, 9.17) is 15.2 Å². The second-order valence-electron chi connectivity index (χ2n) is 13.5. The molecule has 5 aliphatic carbocycles. The van der Waals surface area contributed by atoms with E-state index in [1.165, 1.54) is 19.3 Å². The van der Waals surface area contributed by atoms with Gasteiger partial charge in [0, 0.05) is 36.0 Å². The highest BCUT2D eigenvalue weighted by atomic mass is 16.5. The minimum Gasteiger partial charge on any atom is -0.465 e. The van der Waals surface area contributed by atoms with Gasteiger partial charge in [-0.05, 0) is 89.9 Å². The second kappa shape index (κ2) is 11.4. The Hall–Kier alpha value is -1.67. The molecule has 1 aliphatic heterocycles. The van der Waals surface area contributed by atoms with Gasteiger partial charge in [-0.1, -0.05) is 19.3 Å². The Bertz CT molecular complexity index is 849. The van der Waals surface area contributed by atoms with Crippen LogP contribution in [0.3, 0.4) is 0 Å². The average molecular weight is 532 g/mol. The van der Waals surface area contributed by atoms with Gasteiger partial charge in [0.05, 0.1) is 12.0 Å². The molecular formula is C30H49N3O5. The lowest BCUT2D eigenvalue weighted by atomic mass is 9.57. The summed E-state index contributed by atoms with van der Waals surface area (Å²) in [4.78, 5) is 40.0. The summed E-state index contributed by atoms with van der Waals surface area (Å²) in [6, 6.07) is 0. The zero-order valence-electron chi connectivity index (χ0n) is 23.3. The molecule has 0 unspecified atom stereocenters. The summed E-state index contributed by atoms with van der Waals surface area (Å²) >= 11 is 0. The van der Waals surface area contributed by atoms with Crippen LogP contribution in [0.4, 0.5) is 0 Å². The molecule has 0 radical (unpaired) electrons. The van der Waals surface area contributed by atoms with Crippen molar-refractivity contribution in [3.63, 3.8) is 0 Å². The molecule has 3 N–H and O–H groups in total. The van der Waals surface area contributed by atoms with E-state index in [1.807, 2.05) is 4.90 Å². The number of nitrogens with zero attached hydrogens (tertiary/aromatic N) is 1. The zero-order valence-corrected chi connectivity index (χ0v) is 23.3. The molecule has 0 spiro atoms. The summed E-state index contributed by atoms with van der Waals surface area (Å²) in [5, 5.41) is 3.59. The van der Waals surface area contributed by atoms with Crippen LogP contribution < -0.4 is 11.1 Å². The first kappa shape index (κ1) is 27.9. The molecular weight excluding hydrogens is 482 g/mol. The van der Waals surface area contributed by atoms with Crippen molar-refractivity contribution < 1.29 is 23.9 Å². The SMILES string of the molecule is NC1(CCCC(=O)OCC2(COC(=O)C34CCC(NCC(=O)N5CCCC5)(CC3)CC4)CC2)CCCCC1. The first-order chi connectivity index (χ1) is 18.3. The summed E-state index contributed by atoms with van der Waals surface area (Å²) < 4.78 is 11.5. The molecule has 5 saturated carbocycles. The fourth-order valence-corrected chi connectivity index (χ4v) is 7.37. The third-order valence-corrected chi connectivity index (χ3v) is 10.7. The van der Waals surface area contributed by atoms with Crippen molar-refractivity contribution in [3.8, 4) is 0 Å². The maximum Gasteiger partial charge on any atom is 0.312 e. The van der Waals surface area contributed by atoms with Crippen LogP contribution in [-0.4, -0.2) is 66.7 Å². The molecule has 2 bridgehead atoms. The predicted octanol–water partition coefficient (Wildman–Crippen LogP) is 3.99. The predicted molar refractivity (Wildman–Crippen MR) is 144 cm³/mol. The molecule has 8 heteroatoms. The number of fused-ring (bicyclic) bond motifs is 3. The van der Waals surface area contributed by atoms with Crippen LogP contribution in [0.1, 0.15) is 116 Å². The van der Waals surface area contributed by atoms with Crippen molar-refractivity contribution in [1.29, 1.82) is 0 Å². The van der Waals surface area contributed by atoms with Gasteiger partial charge in [-0.2, -0.15) is 0 Å². The number of likely N-dealkylation sites (tertiary alicyclic amines) is 1. The van der Waals surface area contributed by atoms with E-state index in [0.29, 0.717) is 26.2 Å². The van der Waals surface area contributed by atoms with Crippen molar-refractivity contribution >= 4 is 17.8 Å². The summed E-state index contributed by atoms with van der Waals surface area (Å²) in [6.07, 6.45) is 17.2. The summed E-state index contributed by atoms with van der Waals surface area (Å²) in [5.74, 6) is -0.0221. The lowest BCUT2D eigenvalue weighted by molar-refractivity contribution is -0.167. The van der Waals surface area contributed by atoms with Crippen LogP contribution in [-0.2, 0) is 23.9 Å². The fraction of sp³-hybridized carbons (Fsp3) is 0.900. The van der Waals surface area contributed by atoms with Gasteiger partial charge in [-0.15, -0.1) is 0 Å². The minimum atomic E-state index is -0.382. The van der Waals surface area contributed by atoms with Gasteiger partial charge in [-0.25, -0.2) is 0 Å². The highest BCUT2D eigenvalue weighted by Gasteiger charge is 2.54. The summed E-state index contributed by atoms with van der Waals surface area (Å²) in [7, 11) is 0. The van der Waals surface area contributed by atoms with Crippen LogP contribution in [0, 0.1) is 10.8 Å². The molecule has 0 atom stereocenters. The Kier molecular flexibility index (Phi) is 8.39. The molecule has 0 aromatic rings. The summed E-state index contributed by atoms with van der Waals surface area (Å²) in [6.45, 7) is 2.88. The number of esters is 2. The van der Waals surface area contributed by atoms with Gasteiger partial charge in [0.15, 0.2) is 0 Å². The highest BCUT2D eigenvalue weighted by molar-refractivity contribution is 5.79. The van der Waals surface area contributed by atoms with Gasteiger partial charge in [0.25, 0.3) is 0 Å². The van der Waals surface area contributed by atoms with E-state index in [-0.39, 0.29) is 39.8 Å². The van der Waals surface area contributed by atoms with Crippen LogP contribution in [0.2, 0.25) is 0 Å². The first-order valence-electron chi connectivity index (χ1n) is 15.4. The molecule has 6 fully saturated rings. The number of ether oxygens (including phenoxy) is 2. The van der Waals surface area contributed by atoms with E-state index in [0.717, 1.165) is 103 Å². The van der Waals surface area contributed by atoms with Crippen LogP contribution in [0.5, 0.6) is 0 Å². The number of nitrogens with two attached hydrogens (primary N) is 1. The molecule has 8 nitrogen and oxygen atoms in total. The molecule has 38 heavy (non-hydrogen) atoms. The number of amides is 1. The Morgan fingerprint density at radius 1 is 0.763 bits per heavy atom. The van der Waals surface area contributed by atoms with Crippen LogP contribution in [0.25, 0.3) is 0 Å². The Labute approximate surface area is 228 Å². The maximum absolute atomic E-state index is 13.2. The van der Waals surface area contributed by atoms with Gasteiger partial charge in [0.2, 0.25) is 5.91 Å². The number of rotatable bonds is 12. The number of carbonyl (C=O) groups is 3. The van der Waals surface area contributed by atoms with Crippen molar-refractivity contribution in [2.75, 3.05) is 32.8 Å². The van der Waals surface area contributed by atoms with E-state index in [1.54, 1.807) is 0 Å². The average Bonchev–Trinajstić information content (AvgIpc) is 3.49. The van der Waals surface area contributed by atoms with Crippen LogP contribution >= 0.6 is 0 Å². The summed E-state index contributed by atoms with van der Waals surface area (Å²) in [5.41, 5.74) is 5.81. The molecule has 6 aliphatic rings. The Balaban J connectivity index is 0.994. The Morgan fingerprint density at radius 3 is 2.03 bits per heavy atom. The molecule has 6 rings (SSSR count). The molecule has 0 aromatic carbocycles. The topological polar surface area (TPSA) is 111 Å². The second-order valence-corrected chi connectivity index (χ2v) is 13.5. The van der Waals surface area contributed by atoms with E-state index in [9.17, 15) is 14.4 Å². The van der Waals surface area contributed by atoms with E-state index in [2.05, 4.69) is 5.32 Å². The largest absolute Gasteiger partial charge is 0.465 e. The standard InChI is InChI=1S/C30H49N3O5/c31-29(8-2-1-3-9-29)10-6-7-25(35)37-22-27(11-12-27)23-38-26(36)28-13-16-30(17-14-28,18-15-28)32-21-24(34)33-19-4-5-20-33/h32H,1-23,31H2. The normalized spacial score (nSPS) is 31.1. The fourth-order valence-electron chi connectivity index (χ4n) is 7.37. The third kappa shape index (κ3) is 6.55. The molecule has 214 valence electrons. The van der Waals surface area contributed by atoms with Gasteiger partial charge >= 0.3 is 11.9 Å². The monoisotopic (exact) mass is 531 g/mol. The van der Waals surface area contributed by atoms with E-state index < -0.39 is 0 Å². The molecule has 1 heterocycles. The third-order valence-electron chi connectivity index (χ3n) is 10.7. The number of nitrogens with one attached hydrogen (secondary N) is 1. The lowest BCUT2D eigenvalue weighted by Gasteiger charge is -2.52. The van der Waals surface area contributed by atoms with Crippen molar-refractivity contribution in [1.82, 2.24) is 10.2 Å². The van der Waals surface area contributed by atoms with E-state index >= 15 is 0 Å². The Morgan fingerprint density at radius 2 is 1.39 bits per heavy atom. The minimum absolute atomic E-state index is 0.0101. The van der Waals surface area contributed by atoms with Gasteiger partial charge < -0.3 is 25.4 Å². The smallest absolute Gasteiger partial charge is 0.312 e. The maximum atomic E-state index is 13.2. The lowest BCUT2D eigenvalue weighted by Crippen LogP contribution is -2.58. The van der Waals surface area contributed by atoms with Gasteiger partial charge in [0.1, 0.15) is 13.2 Å². The van der Waals surface area contributed by atoms with Crippen molar-refractivity contribution in [3.05, 3.63) is 0 Å². The number of hydrogen-bond acceptors (Lipinski definition) is 7. The highest BCUT2D eigenvalue weighted by Crippen LogP contribution is 2.54. The quantitative estimate of drug-likeness (QED) is 0.366. The molecule has 1 amide bonds. The van der Waals surface area contributed by atoms with Gasteiger partial charge in [-0.3, -0.25) is 14.4 Å².